The lowest BCUT2D eigenvalue weighted by Crippen LogP contribution is -1.88. The average Bonchev–Trinajstić information content (AvgIpc) is 2.75. The van der Waals surface area contributed by atoms with Gasteiger partial charge in [0, 0.05) is 10.9 Å². The first kappa shape index (κ1) is 8.47. The number of aromatic nitrogens is 1. The van der Waals surface area contributed by atoms with Gasteiger partial charge < -0.3 is 9.52 Å². The Labute approximate surface area is 79.7 Å². The summed E-state index contributed by atoms with van der Waals surface area (Å²) in [5, 5.41) is 11.9. The van der Waals surface area contributed by atoms with E-state index in [1.54, 1.807) is 19.5 Å². The van der Waals surface area contributed by atoms with Crippen molar-refractivity contribution in [1.29, 1.82) is 0 Å². The van der Waals surface area contributed by atoms with E-state index in [1.807, 2.05) is 11.4 Å². The molecule has 3 nitrogen and oxygen atoms in total. The van der Waals surface area contributed by atoms with E-state index in [9.17, 15) is 5.11 Å². The normalized spacial score (nSPS) is 13.1. The van der Waals surface area contributed by atoms with Gasteiger partial charge in [0.05, 0.1) is 18.2 Å². The van der Waals surface area contributed by atoms with E-state index >= 15 is 0 Å². The average molecular weight is 195 g/mol. The zero-order chi connectivity index (χ0) is 9.26. The van der Waals surface area contributed by atoms with Crippen LogP contribution in [0.5, 0.6) is 0 Å². The van der Waals surface area contributed by atoms with Crippen molar-refractivity contribution in [3.63, 3.8) is 0 Å². The van der Waals surface area contributed by atoms with Gasteiger partial charge >= 0.3 is 0 Å². The molecule has 0 aliphatic rings. The number of hydrogen-bond donors (Lipinski definition) is 1. The van der Waals surface area contributed by atoms with Crippen molar-refractivity contribution < 1.29 is 9.52 Å². The second kappa shape index (κ2) is 3.32. The van der Waals surface area contributed by atoms with Crippen molar-refractivity contribution in [2.75, 3.05) is 0 Å². The lowest BCUT2D eigenvalue weighted by Gasteiger charge is -1.95. The van der Waals surface area contributed by atoms with Gasteiger partial charge in [-0.25, -0.2) is 4.98 Å². The first-order chi connectivity index (χ1) is 6.27. The van der Waals surface area contributed by atoms with Crippen LogP contribution in [-0.4, -0.2) is 10.1 Å². The Kier molecular flexibility index (Phi) is 2.16. The largest absolute Gasteiger partial charge is 0.472 e. The van der Waals surface area contributed by atoms with E-state index < -0.39 is 6.10 Å². The summed E-state index contributed by atoms with van der Waals surface area (Å²) in [4.78, 5) is 4.26. The van der Waals surface area contributed by atoms with Gasteiger partial charge in [0.2, 0.25) is 0 Å². The summed E-state index contributed by atoms with van der Waals surface area (Å²) in [5.41, 5.74) is 1.80. The van der Waals surface area contributed by atoms with Crippen LogP contribution in [0.15, 0.2) is 28.4 Å². The quantitative estimate of drug-likeness (QED) is 0.800. The molecule has 68 valence electrons. The molecule has 0 aliphatic carbocycles. The fourth-order valence-electron chi connectivity index (χ4n) is 1.02. The molecule has 0 bridgehead atoms. The number of rotatable bonds is 2. The molecule has 2 rings (SSSR count). The summed E-state index contributed by atoms with van der Waals surface area (Å²) in [6.45, 7) is 1.71. The van der Waals surface area contributed by atoms with E-state index in [2.05, 4.69) is 4.98 Å². The fourth-order valence-corrected chi connectivity index (χ4v) is 1.79. The van der Waals surface area contributed by atoms with Crippen LogP contribution in [-0.2, 0) is 0 Å². The molecule has 0 spiro atoms. The van der Waals surface area contributed by atoms with Gasteiger partial charge in [0.1, 0.15) is 11.1 Å². The van der Waals surface area contributed by atoms with Crippen molar-refractivity contribution in [2.24, 2.45) is 0 Å². The number of hydrogen-bond acceptors (Lipinski definition) is 4. The minimum absolute atomic E-state index is 0.495. The van der Waals surface area contributed by atoms with Gasteiger partial charge in [-0.05, 0) is 13.0 Å². The van der Waals surface area contributed by atoms with E-state index in [-0.39, 0.29) is 0 Å². The van der Waals surface area contributed by atoms with Crippen LogP contribution in [0.2, 0.25) is 0 Å². The number of aliphatic hydroxyl groups excluding tert-OH is 1. The van der Waals surface area contributed by atoms with Crippen LogP contribution in [0.3, 0.4) is 0 Å². The molecule has 13 heavy (non-hydrogen) atoms. The van der Waals surface area contributed by atoms with Crippen LogP contribution in [0, 0.1) is 0 Å². The lowest BCUT2D eigenvalue weighted by atomic mass is 10.3. The van der Waals surface area contributed by atoms with E-state index in [1.165, 1.54) is 11.3 Å². The van der Waals surface area contributed by atoms with Gasteiger partial charge in [-0.3, -0.25) is 0 Å². The maximum atomic E-state index is 9.26. The second-order valence-electron chi connectivity index (χ2n) is 2.76. The van der Waals surface area contributed by atoms with Gasteiger partial charge in [-0.15, -0.1) is 11.3 Å². The molecule has 0 fully saturated rings. The predicted molar refractivity (Wildman–Crippen MR) is 50.4 cm³/mol. The standard InChI is InChI=1S/C9H9NO2S/c1-6(11)9-10-8(5-13-9)7-2-3-12-4-7/h2-6,11H,1H3. The topological polar surface area (TPSA) is 46.3 Å². The van der Waals surface area contributed by atoms with Crippen LogP contribution in [0.1, 0.15) is 18.0 Å². The Morgan fingerprint density at radius 3 is 3.00 bits per heavy atom. The predicted octanol–water partition coefficient (Wildman–Crippen LogP) is 2.46. The highest BCUT2D eigenvalue weighted by molar-refractivity contribution is 7.10. The molecule has 0 radical (unpaired) electrons. The SMILES string of the molecule is CC(O)c1nc(-c2ccoc2)cs1. The van der Waals surface area contributed by atoms with Crippen molar-refractivity contribution >= 4 is 11.3 Å². The molecular weight excluding hydrogens is 186 g/mol. The van der Waals surface area contributed by atoms with Gasteiger partial charge in [-0.2, -0.15) is 0 Å². The Morgan fingerprint density at radius 2 is 2.46 bits per heavy atom. The van der Waals surface area contributed by atoms with Gasteiger partial charge in [-0.1, -0.05) is 0 Å². The first-order valence-corrected chi connectivity index (χ1v) is 4.81. The number of thiazole rings is 1. The van der Waals surface area contributed by atoms with Gasteiger partial charge in [0.15, 0.2) is 0 Å². The molecule has 0 saturated heterocycles. The minimum Gasteiger partial charge on any atom is -0.472 e. The number of nitrogens with zero attached hydrogens (tertiary/aromatic N) is 1. The van der Waals surface area contributed by atoms with Crippen molar-refractivity contribution in [1.82, 2.24) is 4.98 Å². The number of furan rings is 1. The molecule has 2 aromatic heterocycles. The summed E-state index contributed by atoms with van der Waals surface area (Å²) in [6, 6.07) is 1.85. The zero-order valence-corrected chi connectivity index (χ0v) is 7.91. The third kappa shape index (κ3) is 1.64. The fraction of sp³-hybridized carbons (Fsp3) is 0.222. The molecule has 2 aromatic rings. The molecule has 2 heterocycles. The Morgan fingerprint density at radius 1 is 1.62 bits per heavy atom. The summed E-state index contributed by atoms with van der Waals surface area (Å²) in [6.07, 6.45) is 2.75. The highest BCUT2D eigenvalue weighted by atomic mass is 32.1. The van der Waals surface area contributed by atoms with Crippen molar-refractivity contribution in [3.8, 4) is 11.3 Å². The minimum atomic E-state index is -0.495. The van der Waals surface area contributed by atoms with Crippen LogP contribution in [0.4, 0.5) is 0 Å². The summed E-state index contributed by atoms with van der Waals surface area (Å²) in [7, 11) is 0. The molecule has 0 aromatic carbocycles. The summed E-state index contributed by atoms with van der Waals surface area (Å²) in [5.74, 6) is 0. The zero-order valence-electron chi connectivity index (χ0n) is 7.10. The maximum Gasteiger partial charge on any atom is 0.122 e. The molecule has 4 heteroatoms. The molecule has 1 atom stereocenters. The molecule has 0 aliphatic heterocycles. The van der Waals surface area contributed by atoms with Crippen molar-refractivity contribution in [2.45, 2.75) is 13.0 Å². The smallest absolute Gasteiger partial charge is 0.122 e. The van der Waals surface area contributed by atoms with Crippen LogP contribution >= 0.6 is 11.3 Å². The van der Waals surface area contributed by atoms with E-state index in [0.717, 1.165) is 16.3 Å². The second-order valence-corrected chi connectivity index (χ2v) is 3.65. The molecule has 0 amide bonds. The summed E-state index contributed by atoms with van der Waals surface area (Å²) >= 11 is 1.45. The van der Waals surface area contributed by atoms with E-state index in [4.69, 9.17) is 4.42 Å². The monoisotopic (exact) mass is 195 g/mol. The van der Waals surface area contributed by atoms with E-state index in [0.29, 0.717) is 0 Å². The van der Waals surface area contributed by atoms with Gasteiger partial charge in [0.25, 0.3) is 0 Å². The van der Waals surface area contributed by atoms with Crippen LogP contribution < -0.4 is 0 Å². The number of aliphatic hydroxyl groups is 1. The molecular formula is C9H9NO2S. The van der Waals surface area contributed by atoms with Crippen molar-refractivity contribution in [3.05, 3.63) is 29.0 Å². The van der Waals surface area contributed by atoms with Crippen LogP contribution in [0.25, 0.3) is 11.3 Å². The Bertz CT molecular complexity index is 378. The third-order valence-electron chi connectivity index (χ3n) is 1.70. The first-order valence-electron chi connectivity index (χ1n) is 3.93. The molecule has 1 N–H and O–H groups in total. The molecule has 1 unspecified atom stereocenters. The highest BCUT2D eigenvalue weighted by Gasteiger charge is 2.08. The Hall–Kier alpha value is -1.13. The lowest BCUT2D eigenvalue weighted by molar-refractivity contribution is 0.199. The Balaban J connectivity index is 2.33. The highest BCUT2D eigenvalue weighted by Crippen LogP contribution is 2.25. The summed E-state index contributed by atoms with van der Waals surface area (Å²) < 4.78 is 4.94. The molecule has 0 saturated carbocycles. The third-order valence-corrected chi connectivity index (χ3v) is 2.71. The maximum absolute atomic E-state index is 9.26.